The average molecular weight is 269 g/mol. The quantitative estimate of drug-likeness (QED) is 0.920. The van der Waals surface area contributed by atoms with E-state index in [0.717, 1.165) is 5.69 Å². The van der Waals surface area contributed by atoms with Gasteiger partial charge in [-0.3, -0.25) is 9.71 Å². The maximum absolute atomic E-state index is 12.0. The minimum absolute atomic E-state index is 0.149. The molecule has 2 heterocycles. The minimum Gasteiger partial charge on any atom is -0.269 e. The van der Waals surface area contributed by atoms with Crippen molar-refractivity contribution in [1.82, 2.24) is 9.97 Å². The molecule has 7 heteroatoms. The monoisotopic (exact) mass is 269 g/mol. The molecule has 0 aliphatic heterocycles. The van der Waals surface area contributed by atoms with Gasteiger partial charge in [-0.05, 0) is 18.6 Å². The number of nitrogens with zero attached hydrogens (tertiary/aromatic N) is 2. The highest BCUT2D eigenvalue weighted by molar-refractivity contribution is 7.93. The molecule has 0 atom stereocenters. The topological polar surface area (TPSA) is 72.0 Å². The Morgan fingerprint density at radius 1 is 1.47 bits per heavy atom. The lowest BCUT2D eigenvalue weighted by Gasteiger charge is -2.06. The molecule has 1 N–H and O–H groups in total. The Hall–Kier alpha value is -1.47. The number of hydrogen-bond acceptors (Lipinski definition) is 5. The average Bonchev–Trinajstić information content (AvgIpc) is 2.77. The summed E-state index contributed by atoms with van der Waals surface area (Å²) in [5.74, 6) is 0. The summed E-state index contributed by atoms with van der Waals surface area (Å²) in [7, 11) is -3.56. The van der Waals surface area contributed by atoms with E-state index in [9.17, 15) is 8.42 Å². The van der Waals surface area contributed by atoms with Crippen LogP contribution >= 0.6 is 11.3 Å². The summed E-state index contributed by atoms with van der Waals surface area (Å²) in [5, 5.41) is 0.566. The Kier molecular flexibility index (Phi) is 3.39. The highest BCUT2D eigenvalue weighted by Gasteiger charge is 2.16. The van der Waals surface area contributed by atoms with E-state index >= 15 is 0 Å². The molecule has 90 valence electrons. The van der Waals surface area contributed by atoms with Crippen molar-refractivity contribution in [3.05, 3.63) is 35.7 Å². The molecule has 0 spiro atoms. The summed E-state index contributed by atoms with van der Waals surface area (Å²) in [4.78, 5) is 8.03. The van der Waals surface area contributed by atoms with Gasteiger partial charge in [0.15, 0.2) is 0 Å². The molecule has 0 saturated carbocycles. The van der Waals surface area contributed by atoms with E-state index in [1.165, 1.54) is 29.8 Å². The van der Waals surface area contributed by atoms with Crippen LogP contribution in [0.5, 0.6) is 0 Å². The number of pyridine rings is 1. The lowest BCUT2D eigenvalue weighted by Crippen LogP contribution is -2.13. The predicted molar refractivity (Wildman–Crippen MR) is 66.5 cm³/mol. The fraction of sp³-hybridized carbons (Fsp3) is 0.200. The van der Waals surface area contributed by atoms with Crippen LogP contribution in [0.4, 0.5) is 5.00 Å². The van der Waals surface area contributed by atoms with Crippen LogP contribution < -0.4 is 4.72 Å². The van der Waals surface area contributed by atoms with E-state index in [-0.39, 0.29) is 4.90 Å². The van der Waals surface area contributed by atoms with Crippen molar-refractivity contribution in [3.8, 4) is 0 Å². The van der Waals surface area contributed by atoms with Crippen LogP contribution in [-0.4, -0.2) is 18.4 Å². The summed E-state index contributed by atoms with van der Waals surface area (Å²) in [6.45, 7) is 1.93. The normalized spacial score (nSPS) is 11.4. The molecule has 2 aromatic rings. The third kappa shape index (κ3) is 2.62. The molecule has 0 unspecified atom stereocenters. The fourth-order valence-corrected chi connectivity index (χ4v) is 3.37. The molecular weight excluding hydrogens is 258 g/mol. The number of anilines is 1. The Balaban J connectivity index is 2.30. The van der Waals surface area contributed by atoms with Gasteiger partial charge in [-0.1, -0.05) is 6.92 Å². The van der Waals surface area contributed by atoms with Gasteiger partial charge in [0.2, 0.25) is 0 Å². The zero-order valence-corrected chi connectivity index (χ0v) is 10.8. The molecule has 2 rings (SSSR count). The van der Waals surface area contributed by atoms with E-state index in [2.05, 4.69) is 14.7 Å². The van der Waals surface area contributed by atoms with Crippen LogP contribution in [-0.2, 0) is 16.4 Å². The second-order valence-electron chi connectivity index (χ2n) is 3.28. The van der Waals surface area contributed by atoms with Crippen LogP contribution in [0, 0.1) is 0 Å². The summed E-state index contributed by atoms with van der Waals surface area (Å²) in [5.41, 5.74) is 2.38. The second kappa shape index (κ2) is 4.80. The number of rotatable bonds is 4. The summed E-state index contributed by atoms with van der Waals surface area (Å²) < 4.78 is 26.5. The van der Waals surface area contributed by atoms with Crippen LogP contribution in [0.25, 0.3) is 0 Å². The van der Waals surface area contributed by atoms with Crippen LogP contribution in [0.15, 0.2) is 34.9 Å². The van der Waals surface area contributed by atoms with Gasteiger partial charge in [-0.15, -0.1) is 11.3 Å². The van der Waals surface area contributed by atoms with Crippen molar-refractivity contribution >= 4 is 26.4 Å². The molecule has 5 nitrogen and oxygen atoms in total. The van der Waals surface area contributed by atoms with Crippen molar-refractivity contribution in [2.24, 2.45) is 0 Å². The first-order chi connectivity index (χ1) is 8.13. The number of aryl methyl sites for hydroxylation is 1. The molecule has 0 bridgehead atoms. The van der Waals surface area contributed by atoms with Gasteiger partial charge < -0.3 is 0 Å². The second-order valence-corrected chi connectivity index (χ2v) is 5.81. The minimum atomic E-state index is -3.56. The van der Waals surface area contributed by atoms with E-state index in [1.54, 1.807) is 11.6 Å². The van der Waals surface area contributed by atoms with E-state index in [0.29, 0.717) is 11.4 Å². The molecule has 0 fully saturated rings. The maximum atomic E-state index is 12.0. The third-order valence-corrected chi connectivity index (χ3v) is 4.40. The standard InChI is InChI=1S/C10H11N3O2S2/c1-2-9-10(16-7-12-9)13-17(14,15)8-4-3-5-11-6-8/h3-7,13H,2H2,1H3. The highest BCUT2D eigenvalue weighted by atomic mass is 32.2. The first-order valence-corrected chi connectivity index (χ1v) is 7.35. The van der Waals surface area contributed by atoms with Crippen LogP contribution in [0.1, 0.15) is 12.6 Å². The smallest absolute Gasteiger partial charge is 0.264 e. The molecule has 2 aromatic heterocycles. The number of hydrogen-bond donors (Lipinski definition) is 1. The van der Waals surface area contributed by atoms with Gasteiger partial charge in [0, 0.05) is 12.4 Å². The van der Waals surface area contributed by atoms with Crippen LogP contribution in [0.2, 0.25) is 0 Å². The molecule has 0 amide bonds. The van der Waals surface area contributed by atoms with Gasteiger partial charge in [-0.2, -0.15) is 0 Å². The van der Waals surface area contributed by atoms with E-state index in [4.69, 9.17) is 0 Å². The highest BCUT2D eigenvalue weighted by Crippen LogP contribution is 2.23. The largest absolute Gasteiger partial charge is 0.269 e. The zero-order valence-electron chi connectivity index (χ0n) is 9.12. The van der Waals surface area contributed by atoms with Crippen molar-refractivity contribution < 1.29 is 8.42 Å². The summed E-state index contributed by atoms with van der Waals surface area (Å²) in [6.07, 6.45) is 3.53. The fourth-order valence-electron chi connectivity index (χ4n) is 1.29. The molecule has 0 radical (unpaired) electrons. The lowest BCUT2D eigenvalue weighted by atomic mass is 10.4. The number of nitrogens with one attached hydrogen (secondary N) is 1. The molecular formula is C10H11N3O2S2. The molecule has 0 aromatic carbocycles. The van der Waals surface area contributed by atoms with Gasteiger partial charge in [0.05, 0.1) is 11.2 Å². The summed E-state index contributed by atoms with van der Waals surface area (Å²) >= 11 is 1.27. The molecule has 0 aliphatic carbocycles. The van der Waals surface area contributed by atoms with Gasteiger partial charge in [0.25, 0.3) is 10.0 Å². The number of sulfonamides is 1. The lowest BCUT2D eigenvalue weighted by molar-refractivity contribution is 0.601. The SMILES string of the molecule is CCc1ncsc1NS(=O)(=O)c1cccnc1. The van der Waals surface area contributed by atoms with Crippen molar-refractivity contribution in [2.75, 3.05) is 4.72 Å². The Bertz CT molecular complexity index is 593. The first-order valence-electron chi connectivity index (χ1n) is 4.98. The van der Waals surface area contributed by atoms with E-state index < -0.39 is 10.0 Å². The van der Waals surface area contributed by atoms with Gasteiger partial charge in [0.1, 0.15) is 9.90 Å². The Labute approximate surface area is 104 Å². The van der Waals surface area contributed by atoms with E-state index in [1.807, 2.05) is 6.92 Å². The van der Waals surface area contributed by atoms with Gasteiger partial charge in [-0.25, -0.2) is 13.4 Å². The number of thiazole rings is 1. The van der Waals surface area contributed by atoms with Crippen molar-refractivity contribution in [2.45, 2.75) is 18.2 Å². The van der Waals surface area contributed by atoms with Crippen LogP contribution in [0.3, 0.4) is 0 Å². The summed E-state index contributed by atoms with van der Waals surface area (Å²) in [6, 6.07) is 3.09. The molecule has 17 heavy (non-hydrogen) atoms. The Morgan fingerprint density at radius 3 is 2.94 bits per heavy atom. The molecule has 0 saturated heterocycles. The van der Waals surface area contributed by atoms with Crippen molar-refractivity contribution in [3.63, 3.8) is 0 Å². The van der Waals surface area contributed by atoms with Gasteiger partial charge >= 0.3 is 0 Å². The predicted octanol–water partition coefficient (Wildman–Crippen LogP) is 1.90. The molecule has 0 aliphatic rings. The number of aromatic nitrogens is 2. The van der Waals surface area contributed by atoms with Crippen molar-refractivity contribution in [1.29, 1.82) is 0 Å². The Morgan fingerprint density at radius 2 is 2.29 bits per heavy atom. The zero-order chi connectivity index (χ0) is 12.3. The third-order valence-electron chi connectivity index (χ3n) is 2.15. The first kappa shape index (κ1) is 12.0. The maximum Gasteiger partial charge on any atom is 0.264 e.